The molecule has 20 heavy (non-hydrogen) atoms. The van der Waals surface area contributed by atoms with Crippen molar-refractivity contribution in [2.45, 2.75) is 19.5 Å². The third-order valence-electron chi connectivity index (χ3n) is 2.77. The fourth-order valence-electron chi connectivity index (χ4n) is 1.79. The molecule has 0 fully saturated rings. The van der Waals surface area contributed by atoms with Gasteiger partial charge in [0.2, 0.25) is 5.91 Å². The van der Waals surface area contributed by atoms with Gasteiger partial charge >= 0.3 is 0 Å². The predicted octanol–water partition coefficient (Wildman–Crippen LogP) is -0.167. The Kier molecular flexibility index (Phi) is 4.54. The highest BCUT2D eigenvalue weighted by Gasteiger charge is 2.04. The summed E-state index contributed by atoms with van der Waals surface area (Å²) >= 11 is 0. The molecule has 0 aliphatic heterocycles. The number of aromatic nitrogens is 3. The van der Waals surface area contributed by atoms with E-state index in [9.17, 15) is 9.59 Å². The molecule has 106 valence electrons. The van der Waals surface area contributed by atoms with Crippen molar-refractivity contribution in [3.8, 4) is 0 Å². The highest BCUT2D eigenvalue weighted by Crippen LogP contribution is 1.95. The average molecular weight is 275 g/mol. The molecule has 0 aromatic carbocycles. The minimum Gasteiger partial charge on any atom is -0.398 e. The van der Waals surface area contributed by atoms with Crippen molar-refractivity contribution in [2.75, 3.05) is 12.3 Å². The Labute approximate surface area is 116 Å². The number of nitrogens with one attached hydrogen (secondary N) is 1. The number of rotatable bonds is 6. The van der Waals surface area contributed by atoms with E-state index in [1.807, 2.05) is 12.3 Å². The molecule has 2 aromatic heterocycles. The van der Waals surface area contributed by atoms with E-state index in [4.69, 9.17) is 5.73 Å². The van der Waals surface area contributed by atoms with E-state index < -0.39 is 0 Å². The number of aryl methyl sites for hydroxylation is 1. The van der Waals surface area contributed by atoms with Crippen LogP contribution in [-0.2, 0) is 17.9 Å². The normalized spacial score (nSPS) is 10.4. The molecule has 2 heterocycles. The Morgan fingerprint density at radius 2 is 2.25 bits per heavy atom. The first-order chi connectivity index (χ1) is 9.65. The smallest absolute Gasteiger partial charge is 0.251 e. The molecule has 7 heteroatoms. The van der Waals surface area contributed by atoms with Gasteiger partial charge in [-0.15, -0.1) is 0 Å². The van der Waals surface area contributed by atoms with Crippen LogP contribution in [0.3, 0.4) is 0 Å². The topological polar surface area (TPSA) is 94.9 Å². The average Bonchev–Trinajstić information content (AvgIpc) is 2.92. The number of hydrogen-bond acceptors (Lipinski definition) is 4. The van der Waals surface area contributed by atoms with E-state index in [0.29, 0.717) is 12.2 Å². The zero-order valence-corrected chi connectivity index (χ0v) is 11.0. The van der Waals surface area contributed by atoms with Gasteiger partial charge in [0.15, 0.2) is 0 Å². The fourth-order valence-corrected chi connectivity index (χ4v) is 1.79. The molecule has 0 bridgehead atoms. The highest BCUT2D eigenvalue weighted by atomic mass is 16.2. The quantitative estimate of drug-likeness (QED) is 0.716. The van der Waals surface area contributed by atoms with Crippen molar-refractivity contribution < 1.29 is 4.79 Å². The molecule has 0 atom stereocenters. The van der Waals surface area contributed by atoms with E-state index >= 15 is 0 Å². The van der Waals surface area contributed by atoms with Gasteiger partial charge in [-0.2, -0.15) is 5.10 Å². The highest BCUT2D eigenvalue weighted by molar-refractivity contribution is 5.75. The van der Waals surface area contributed by atoms with Crippen LogP contribution in [0.25, 0.3) is 0 Å². The molecule has 2 aromatic rings. The van der Waals surface area contributed by atoms with Crippen LogP contribution in [0.1, 0.15) is 6.42 Å². The van der Waals surface area contributed by atoms with Crippen LogP contribution in [0, 0.1) is 0 Å². The first-order valence-electron chi connectivity index (χ1n) is 6.35. The minimum atomic E-state index is -0.245. The summed E-state index contributed by atoms with van der Waals surface area (Å²) in [6.07, 6.45) is 5.82. The molecule has 0 aliphatic rings. The molecular formula is C13H17N5O2. The van der Waals surface area contributed by atoms with Gasteiger partial charge < -0.3 is 15.6 Å². The van der Waals surface area contributed by atoms with Gasteiger partial charge in [0, 0.05) is 43.4 Å². The lowest BCUT2D eigenvalue weighted by molar-refractivity contribution is -0.121. The van der Waals surface area contributed by atoms with Crippen molar-refractivity contribution in [1.29, 1.82) is 0 Å². The van der Waals surface area contributed by atoms with Crippen molar-refractivity contribution >= 4 is 11.6 Å². The summed E-state index contributed by atoms with van der Waals surface area (Å²) in [5.41, 5.74) is 5.79. The lowest BCUT2D eigenvalue weighted by Crippen LogP contribution is -2.32. The van der Waals surface area contributed by atoms with Crippen molar-refractivity contribution in [3.05, 3.63) is 47.1 Å². The molecular weight excluding hydrogens is 258 g/mol. The predicted molar refractivity (Wildman–Crippen MR) is 75.0 cm³/mol. The monoisotopic (exact) mass is 275 g/mol. The molecule has 3 N–H and O–H groups in total. The molecule has 1 amide bonds. The fraction of sp³-hybridized carbons (Fsp3) is 0.308. The summed E-state index contributed by atoms with van der Waals surface area (Å²) in [5.74, 6) is -0.210. The molecule has 7 nitrogen and oxygen atoms in total. The number of pyridine rings is 1. The Bertz CT molecular complexity index is 618. The Morgan fingerprint density at radius 1 is 1.40 bits per heavy atom. The second-order valence-corrected chi connectivity index (χ2v) is 4.40. The van der Waals surface area contributed by atoms with Gasteiger partial charge in [0.1, 0.15) is 6.54 Å². The van der Waals surface area contributed by atoms with E-state index in [1.54, 1.807) is 10.9 Å². The van der Waals surface area contributed by atoms with E-state index in [-0.39, 0.29) is 18.0 Å². The van der Waals surface area contributed by atoms with Gasteiger partial charge in [-0.1, -0.05) is 0 Å². The summed E-state index contributed by atoms with van der Waals surface area (Å²) in [6, 6.07) is 4.71. The number of nitrogen functional groups attached to an aromatic ring is 1. The van der Waals surface area contributed by atoms with Gasteiger partial charge in [0.05, 0.1) is 0 Å². The molecule has 0 aliphatic carbocycles. The van der Waals surface area contributed by atoms with E-state index in [1.165, 1.54) is 22.9 Å². The largest absolute Gasteiger partial charge is 0.398 e. The second-order valence-electron chi connectivity index (χ2n) is 4.40. The summed E-state index contributed by atoms with van der Waals surface area (Å²) in [6.45, 7) is 1.26. The molecule has 2 rings (SSSR count). The van der Waals surface area contributed by atoms with Crippen LogP contribution in [0.15, 0.2) is 41.6 Å². The molecule has 0 saturated carbocycles. The lowest BCUT2D eigenvalue weighted by atomic mass is 10.4. The maximum Gasteiger partial charge on any atom is 0.251 e. The molecule has 0 radical (unpaired) electrons. The van der Waals surface area contributed by atoms with E-state index in [2.05, 4.69) is 10.4 Å². The third kappa shape index (κ3) is 3.98. The summed E-state index contributed by atoms with van der Waals surface area (Å²) < 4.78 is 3.09. The molecule has 0 saturated heterocycles. The number of carbonyl (C=O) groups excluding carboxylic acids is 1. The SMILES string of the molecule is Nc1ccc(=O)n(CC(=O)NCCCn2cccn2)c1. The standard InChI is InChI=1S/C13H17N5O2/c14-11-3-4-13(20)17(9-11)10-12(19)15-5-1-7-18-8-2-6-16-18/h2-4,6,8-9H,1,5,7,10,14H2,(H,15,19). The van der Waals surface area contributed by atoms with Gasteiger partial charge in [0.25, 0.3) is 5.56 Å². The van der Waals surface area contributed by atoms with Crippen molar-refractivity contribution in [3.63, 3.8) is 0 Å². The molecule has 0 unspecified atom stereocenters. The van der Waals surface area contributed by atoms with Crippen LogP contribution >= 0.6 is 0 Å². The first-order valence-corrected chi connectivity index (χ1v) is 6.35. The maximum atomic E-state index is 11.7. The summed E-state index contributed by atoms with van der Waals surface area (Å²) in [4.78, 5) is 23.2. The van der Waals surface area contributed by atoms with Crippen molar-refractivity contribution in [1.82, 2.24) is 19.7 Å². The second kappa shape index (κ2) is 6.55. The Morgan fingerprint density at radius 3 is 3.00 bits per heavy atom. The first kappa shape index (κ1) is 13.9. The number of nitrogens with two attached hydrogens (primary N) is 1. The Hall–Kier alpha value is -2.57. The zero-order valence-electron chi connectivity index (χ0n) is 11.0. The minimum absolute atomic E-state index is 0.0222. The van der Waals surface area contributed by atoms with Crippen LogP contribution in [-0.4, -0.2) is 26.8 Å². The number of anilines is 1. The van der Waals surface area contributed by atoms with Gasteiger partial charge in [-0.25, -0.2) is 0 Å². The van der Waals surface area contributed by atoms with Crippen LogP contribution in [0.2, 0.25) is 0 Å². The molecule has 0 spiro atoms. The van der Waals surface area contributed by atoms with Gasteiger partial charge in [-0.3, -0.25) is 14.3 Å². The number of amides is 1. The number of nitrogens with zero attached hydrogens (tertiary/aromatic N) is 3. The summed E-state index contributed by atoms with van der Waals surface area (Å²) in [5, 5.41) is 6.83. The third-order valence-corrected chi connectivity index (χ3v) is 2.77. The van der Waals surface area contributed by atoms with E-state index in [0.717, 1.165) is 13.0 Å². The number of hydrogen-bond donors (Lipinski definition) is 2. The van der Waals surface area contributed by atoms with Crippen LogP contribution in [0.5, 0.6) is 0 Å². The Balaban J connectivity index is 1.75. The lowest BCUT2D eigenvalue weighted by Gasteiger charge is -2.08. The van der Waals surface area contributed by atoms with Crippen LogP contribution < -0.4 is 16.6 Å². The van der Waals surface area contributed by atoms with Gasteiger partial charge in [-0.05, 0) is 18.6 Å². The van der Waals surface area contributed by atoms with Crippen molar-refractivity contribution in [2.24, 2.45) is 0 Å². The number of carbonyl (C=O) groups is 1. The summed E-state index contributed by atoms with van der Waals surface area (Å²) in [7, 11) is 0. The van der Waals surface area contributed by atoms with Crippen LogP contribution in [0.4, 0.5) is 5.69 Å². The zero-order chi connectivity index (χ0) is 14.4. The maximum absolute atomic E-state index is 11.7.